The van der Waals surface area contributed by atoms with Crippen molar-refractivity contribution in [2.75, 3.05) is 0 Å². The zero-order valence-corrected chi connectivity index (χ0v) is 8.62. The molecule has 6 nitrogen and oxygen atoms in total. The lowest BCUT2D eigenvalue weighted by molar-refractivity contribution is -0.385. The highest BCUT2D eigenvalue weighted by molar-refractivity contribution is 7.91. The summed E-state index contributed by atoms with van der Waals surface area (Å²) in [7, 11) is -3.86. The fraction of sp³-hybridized carbons (Fsp3) is 0. The van der Waals surface area contributed by atoms with Crippen molar-refractivity contribution in [3.05, 3.63) is 33.9 Å². The number of nitrogens with zero attached hydrogens (tertiary/aromatic N) is 2. The molecule has 0 spiro atoms. The number of fused-ring (bicyclic) bond motifs is 1. The number of nitro groups is 1. The molecule has 1 aliphatic heterocycles. The molecule has 0 saturated heterocycles. The molecule has 0 aliphatic carbocycles. The molecule has 0 amide bonds. The van der Waals surface area contributed by atoms with Crippen LogP contribution in [-0.4, -0.2) is 18.5 Å². The smallest absolute Gasteiger partial charge is 0.258 e. The van der Waals surface area contributed by atoms with Crippen molar-refractivity contribution >= 4 is 32.5 Å². The molecule has 0 aromatic heterocycles. The molecule has 2 rings (SSSR count). The Hall–Kier alpha value is -1.47. The van der Waals surface area contributed by atoms with Crippen molar-refractivity contribution in [3.63, 3.8) is 0 Å². The van der Waals surface area contributed by atoms with Crippen LogP contribution in [-0.2, 0) is 10.0 Å². The number of non-ortho nitro benzene ring substituents is 1. The van der Waals surface area contributed by atoms with E-state index in [9.17, 15) is 18.5 Å². The van der Waals surface area contributed by atoms with E-state index in [2.05, 4.69) is 4.40 Å². The summed E-state index contributed by atoms with van der Waals surface area (Å²) in [6.45, 7) is 0. The molecule has 78 valence electrons. The molecule has 0 saturated carbocycles. The first-order chi connectivity index (χ1) is 6.92. The Morgan fingerprint density at radius 1 is 1.40 bits per heavy atom. The van der Waals surface area contributed by atoms with Gasteiger partial charge in [0.05, 0.1) is 4.92 Å². The summed E-state index contributed by atoms with van der Waals surface area (Å²) in [5, 5.41) is 10.3. The van der Waals surface area contributed by atoms with E-state index in [-0.39, 0.29) is 21.3 Å². The van der Waals surface area contributed by atoms with Crippen molar-refractivity contribution in [2.45, 2.75) is 4.90 Å². The van der Waals surface area contributed by atoms with Gasteiger partial charge in [-0.1, -0.05) is 11.6 Å². The first-order valence-corrected chi connectivity index (χ1v) is 5.53. The van der Waals surface area contributed by atoms with Gasteiger partial charge in [0.1, 0.15) is 4.90 Å². The predicted octanol–water partition coefficient (Wildman–Crippen LogP) is 1.28. The highest BCUT2D eigenvalue weighted by Crippen LogP contribution is 2.30. The second kappa shape index (κ2) is 3.01. The van der Waals surface area contributed by atoms with Gasteiger partial charge in [0.25, 0.3) is 15.7 Å². The lowest BCUT2D eigenvalue weighted by atomic mass is 10.2. The van der Waals surface area contributed by atoms with Gasteiger partial charge < -0.3 is 0 Å². The molecule has 1 aromatic carbocycles. The molecule has 0 fully saturated rings. The Morgan fingerprint density at radius 2 is 2.07 bits per heavy atom. The van der Waals surface area contributed by atoms with Crippen LogP contribution in [0.15, 0.2) is 27.5 Å². The maximum Gasteiger partial charge on any atom is 0.284 e. The van der Waals surface area contributed by atoms with Crippen LogP contribution in [0.3, 0.4) is 0 Å². The lowest BCUT2D eigenvalue weighted by Gasteiger charge is -1.96. The minimum atomic E-state index is -3.86. The van der Waals surface area contributed by atoms with E-state index >= 15 is 0 Å². The van der Waals surface area contributed by atoms with E-state index in [1.165, 1.54) is 12.1 Å². The van der Waals surface area contributed by atoms with E-state index in [0.29, 0.717) is 0 Å². The summed E-state index contributed by atoms with van der Waals surface area (Å²) in [5.41, 5.74) is -0.110. The van der Waals surface area contributed by atoms with E-state index in [1.807, 2.05) is 0 Å². The maximum atomic E-state index is 11.3. The number of sulfonamides is 1. The molecule has 0 atom stereocenters. The minimum absolute atomic E-state index is 0.167. The minimum Gasteiger partial charge on any atom is -0.258 e. The molecule has 1 aliphatic rings. The van der Waals surface area contributed by atoms with Gasteiger partial charge in [0.15, 0.2) is 5.17 Å². The van der Waals surface area contributed by atoms with Crippen LogP contribution in [0.5, 0.6) is 0 Å². The quantitative estimate of drug-likeness (QED) is 0.551. The van der Waals surface area contributed by atoms with Gasteiger partial charge in [-0.05, 0) is 6.07 Å². The summed E-state index contributed by atoms with van der Waals surface area (Å²) >= 11 is 5.56. The highest BCUT2D eigenvalue weighted by Gasteiger charge is 2.29. The fourth-order valence-electron chi connectivity index (χ4n) is 1.21. The summed E-state index contributed by atoms with van der Waals surface area (Å²) < 4.78 is 25.9. The zero-order valence-electron chi connectivity index (χ0n) is 7.05. The van der Waals surface area contributed by atoms with Crippen LogP contribution in [0.4, 0.5) is 5.69 Å². The zero-order chi connectivity index (χ0) is 11.2. The van der Waals surface area contributed by atoms with E-state index in [0.717, 1.165) is 6.07 Å². The second-order valence-electron chi connectivity index (χ2n) is 2.79. The van der Waals surface area contributed by atoms with Crippen molar-refractivity contribution < 1.29 is 13.3 Å². The van der Waals surface area contributed by atoms with Crippen LogP contribution in [0, 0.1) is 10.1 Å². The van der Waals surface area contributed by atoms with Gasteiger partial charge in [0, 0.05) is 17.7 Å². The summed E-state index contributed by atoms with van der Waals surface area (Å²) in [5.74, 6) is 0. The first kappa shape index (κ1) is 10.1. The first-order valence-electron chi connectivity index (χ1n) is 3.71. The average Bonchev–Trinajstić information content (AvgIpc) is 2.37. The SMILES string of the molecule is O=[N+]([O-])c1ccc2c(c1)S(=O)(=O)N=C2Cl. The van der Waals surface area contributed by atoms with E-state index in [4.69, 9.17) is 11.6 Å². The number of hydrogen-bond acceptors (Lipinski definition) is 4. The molecule has 1 heterocycles. The highest BCUT2D eigenvalue weighted by atomic mass is 35.5. The van der Waals surface area contributed by atoms with Gasteiger partial charge in [-0.3, -0.25) is 10.1 Å². The van der Waals surface area contributed by atoms with Crippen LogP contribution < -0.4 is 0 Å². The predicted molar refractivity (Wildman–Crippen MR) is 52.7 cm³/mol. The molecule has 0 bridgehead atoms. The van der Waals surface area contributed by atoms with Gasteiger partial charge >= 0.3 is 0 Å². The van der Waals surface area contributed by atoms with Crippen molar-refractivity contribution in [2.24, 2.45) is 4.40 Å². The Kier molecular flexibility index (Phi) is 2.02. The molecule has 15 heavy (non-hydrogen) atoms. The third kappa shape index (κ3) is 1.49. The third-order valence-electron chi connectivity index (χ3n) is 1.88. The largest absolute Gasteiger partial charge is 0.284 e. The van der Waals surface area contributed by atoms with Crippen LogP contribution >= 0.6 is 11.6 Å². The molecule has 1 aromatic rings. The van der Waals surface area contributed by atoms with Gasteiger partial charge in [-0.25, -0.2) is 0 Å². The topological polar surface area (TPSA) is 89.6 Å². The third-order valence-corrected chi connectivity index (χ3v) is 3.58. The Morgan fingerprint density at radius 3 is 2.67 bits per heavy atom. The Labute approximate surface area is 89.4 Å². The van der Waals surface area contributed by atoms with Crippen LogP contribution in [0.25, 0.3) is 0 Å². The number of halogens is 1. The van der Waals surface area contributed by atoms with Crippen molar-refractivity contribution in [3.8, 4) is 0 Å². The second-order valence-corrected chi connectivity index (χ2v) is 4.73. The fourth-order valence-corrected chi connectivity index (χ4v) is 2.83. The standard InChI is InChI=1S/C7H3ClN2O4S/c8-7-5-2-1-4(10(11)12)3-6(5)15(13,14)9-7/h1-3H. The number of benzene rings is 1. The molecule has 8 heteroatoms. The van der Waals surface area contributed by atoms with Gasteiger partial charge in [0.2, 0.25) is 0 Å². The monoisotopic (exact) mass is 246 g/mol. The molecule has 0 N–H and O–H groups in total. The number of nitro benzene ring substituents is 1. The average molecular weight is 247 g/mol. The molecular weight excluding hydrogens is 244 g/mol. The molecule has 0 unspecified atom stereocenters. The summed E-state index contributed by atoms with van der Waals surface area (Å²) in [6, 6.07) is 3.39. The summed E-state index contributed by atoms with van der Waals surface area (Å²) in [6.07, 6.45) is 0. The van der Waals surface area contributed by atoms with Gasteiger partial charge in [-0.2, -0.15) is 8.42 Å². The maximum absolute atomic E-state index is 11.3. The molecule has 0 radical (unpaired) electrons. The van der Waals surface area contributed by atoms with Crippen molar-refractivity contribution in [1.29, 1.82) is 0 Å². The van der Waals surface area contributed by atoms with Gasteiger partial charge in [-0.15, -0.1) is 4.40 Å². The van der Waals surface area contributed by atoms with E-state index < -0.39 is 14.9 Å². The normalized spacial score (nSPS) is 17.0. The molecular formula is C7H3ClN2O4S. The lowest BCUT2D eigenvalue weighted by Crippen LogP contribution is -1.96. The van der Waals surface area contributed by atoms with Crippen LogP contribution in [0.1, 0.15) is 5.56 Å². The Bertz CT molecular complexity index is 593. The van der Waals surface area contributed by atoms with Crippen LogP contribution in [0.2, 0.25) is 0 Å². The van der Waals surface area contributed by atoms with E-state index in [1.54, 1.807) is 0 Å². The Balaban J connectivity index is 2.73. The van der Waals surface area contributed by atoms with Crippen molar-refractivity contribution in [1.82, 2.24) is 0 Å². The number of rotatable bonds is 1. The number of hydrogen-bond donors (Lipinski definition) is 0. The summed E-state index contributed by atoms with van der Waals surface area (Å²) in [4.78, 5) is 9.53.